The summed E-state index contributed by atoms with van der Waals surface area (Å²) in [6, 6.07) is 12.2. The Balaban J connectivity index is 1.99. The van der Waals surface area contributed by atoms with E-state index in [1.807, 2.05) is 12.1 Å². The molecule has 1 saturated heterocycles. The average molecular weight is 434 g/mol. The van der Waals surface area contributed by atoms with E-state index in [4.69, 9.17) is 0 Å². The number of benzene rings is 2. The van der Waals surface area contributed by atoms with Crippen LogP contribution in [0.15, 0.2) is 53.4 Å². The average Bonchev–Trinajstić information content (AvgIpc) is 2.66. The Labute approximate surface area is 175 Å². The molecule has 0 aromatic heterocycles. The van der Waals surface area contributed by atoms with Crippen LogP contribution in [0.5, 0.6) is 0 Å². The highest BCUT2D eigenvalue weighted by atomic mass is 32.2. The van der Waals surface area contributed by atoms with E-state index >= 15 is 0 Å². The van der Waals surface area contributed by atoms with E-state index < -0.39 is 26.8 Å². The normalized spacial score (nSPS) is 19.6. The van der Waals surface area contributed by atoms with E-state index in [2.05, 4.69) is 0 Å². The highest BCUT2D eigenvalue weighted by molar-refractivity contribution is 8.00. The number of nitrogens with zero attached hydrogens (tertiary/aromatic N) is 1. The van der Waals surface area contributed by atoms with Gasteiger partial charge >= 0.3 is 5.97 Å². The van der Waals surface area contributed by atoms with Crippen molar-refractivity contribution in [2.24, 2.45) is 0 Å². The monoisotopic (exact) mass is 433 g/mol. The fraction of sp³-hybridized carbons (Fsp3) is 0.333. The van der Waals surface area contributed by atoms with Gasteiger partial charge in [-0.3, -0.25) is 9.59 Å². The Hall–Kier alpha value is -2.16. The summed E-state index contributed by atoms with van der Waals surface area (Å²) in [5, 5.41) is 9.68. The summed E-state index contributed by atoms with van der Waals surface area (Å²) < 4.78 is 26.8. The third kappa shape index (κ3) is 4.10. The Morgan fingerprint density at radius 2 is 1.72 bits per heavy atom. The van der Waals surface area contributed by atoms with Crippen LogP contribution in [0.2, 0.25) is 0 Å². The summed E-state index contributed by atoms with van der Waals surface area (Å²) in [4.78, 5) is 23.8. The fourth-order valence-corrected chi connectivity index (χ4v) is 6.71. The predicted octanol–water partition coefficient (Wildman–Crippen LogP) is 3.53. The largest absolute Gasteiger partial charge is 0.480 e. The van der Waals surface area contributed by atoms with Crippen molar-refractivity contribution >= 4 is 33.5 Å². The van der Waals surface area contributed by atoms with Crippen molar-refractivity contribution in [3.63, 3.8) is 0 Å². The van der Waals surface area contributed by atoms with Crippen LogP contribution in [0.1, 0.15) is 31.1 Å². The molecule has 0 radical (unpaired) electrons. The van der Waals surface area contributed by atoms with Gasteiger partial charge in [-0.05, 0) is 44.0 Å². The minimum absolute atomic E-state index is 0.0375. The van der Waals surface area contributed by atoms with Crippen LogP contribution in [0.4, 0.5) is 0 Å². The first-order chi connectivity index (χ1) is 13.6. The number of ketones is 1. The van der Waals surface area contributed by atoms with E-state index in [0.717, 1.165) is 15.4 Å². The second-order valence-electron chi connectivity index (χ2n) is 7.43. The van der Waals surface area contributed by atoms with Crippen LogP contribution in [-0.2, 0) is 14.8 Å². The molecule has 1 fully saturated rings. The molecule has 1 heterocycles. The summed E-state index contributed by atoms with van der Waals surface area (Å²) in [5.41, 5.74) is 2.01. The molecule has 2 aromatic carbocycles. The molecule has 1 N–H and O–H groups in total. The number of rotatable bonds is 5. The number of thioether (sulfide) groups is 1. The molecule has 29 heavy (non-hydrogen) atoms. The standard InChI is InChI=1S/C21H23NO5S2/c1-14(23)17-6-4-5-7-18(17)15-8-10-16(11-9-15)29(26,27)22-12-13-28-21(2,3)19(22)20(24)25/h4-11,19H,12-13H2,1-3H3,(H,24,25)/t19-/m0/s1. The number of carbonyl (C=O) groups is 2. The number of hydrogen-bond acceptors (Lipinski definition) is 5. The van der Waals surface area contributed by atoms with Crippen LogP contribution in [0.3, 0.4) is 0 Å². The SMILES string of the molecule is CC(=O)c1ccccc1-c1ccc(S(=O)(=O)N2CCSC(C)(C)[C@@H]2C(=O)O)cc1. The number of carboxylic acid groups (broad SMARTS) is 1. The first kappa shape index (κ1) is 21.5. The maximum absolute atomic E-state index is 13.2. The summed E-state index contributed by atoms with van der Waals surface area (Å²) >= 11 is 1.46. The minimum atomic E-state index is -3.98. The van der Waals surface area contributed by atoms with E-state index in [1.54, 1.807) is 38.1 Å². The molecule has 1 aliphatic rings. The number of carbonyl (C=O) groups excluding carboxylic acids is 1. The van der Waals surface area contributed by atoms with E-state index in [9.17, 15) is 23.1 Å². The van der Waals surface area contributed by atoms with Crippen molar-refractivity contribution in [2.75, 3.05) is 12.3 Å². The number of aliphatic carboxylic acids is 1. The zero-order valence-corrected chi connectivity index (χ0v) is 18.1. The van der Waals surface area contributed by atoms with Gasteiger partial charge in [0, 0.05) is 22.6 Å². The summed E-state index contributed by atoms with van der Waals surface area (Å²) in [6.45, 7) is 5.13. The fourth-order valence-electron chi connectivity index (χ4n) is 3.62. The lowest BCUT2D eigenvalue weighted by Crippen LogP contribution is -2.58. The van der Waals surface area contributed by atoms with Crippen LogP contribution < -0.4 is 0 Å². The highest BCUT2D eigenvalue weighted by Gasteiger charge is 2.48. The van der Waals surface area contributed by atoms with Gasteiger partial charge in [0.25, 0.3) is 0 Å². The number of Topliss-reactive ketones (excluding diaryl/α,β-unsaturated/α-hetero) is 1. The Morgan fingerprint density at radius 1 is 1.10 bits per heavy atom. The Bertz CT molecular complexity index is 1040. The van der Waals surface area contributed by atoms with Gasteiger partial charge in [0.15, 0.2) is 5.78 Å². The number of carboxylic acids is 1. The molecular weight excluding hydrogens is 410 g/mol. The Kier molecular flexibility index (Phi) is 5.89. The van der Waals surface area contributed by atoms with Gasteiger partial charge in [-0.2, -0.15) is 16.1 Å². The molecule has 0 bridgehead atoms. The molecule has 6 nitrogen and oxygen atoms in total. The van der Waals surface area contributed by atoms with Crippen LogP contribution >= 0.6 is 11.8 Å². The first-order valence-electron chi connectivity index (χ1n) is 9.15. The molecule has 3 rings (SSSR count). The van der Waals surface area contributed by atoms with Crippen molar-refractivity contribution in [1.82, 2.24) is 4.31 Å². The van der Waals surface area contributed by atoms with Gasteiger partial charge in [-0.25, -0.2) is 8.42 Å². The molecule has 8 heteroatoms. The second-order valence-corrected chi connectivity index (χ2v) is 11.1. The number of hydrogen-bond donors (Lipinski definition) is 1. The smallest absolute Gasteiger partial charge is 0.323 e. The summed E-state index contributed by atoms with van der Waals surface area (Å²) in [5.74, 6) is -0.701. The molecule has 0 spiro atoms. The Morgan fingerprint density at radius 3 is 2.31 bits per heavy atom. The van der Waals surface area contributed by atoms with Crippen LogP contribution in [-0.4, -0.2) is 52.7 Å². The lowest BCUT2D eigenvalue weighted by atomic mass is 9.98. The molecule has 2 aromatic rings. The predicted molar refractivity (Wildman–Crippen MR) is 114 cm³/mol. The molecule has 1 aliphatic heterocycles. The van der Waals surface area contributed by atoms with Crippen LogP contribution in [0, 0.1) is 0 Å². The lowest BCUT2D eigenvalue weighted by molar-refractivity contribution is -0.142. The van der Waals surface area contributed by atoms with Gasteiger partial charge in [0.1, 0.15) is 6.04 Å². The molecule has 0 aliphatic carbocycles. The quantitative estimate of drug-likeness (QED) is 0.726. The molecule has 0 unspecified atom stereocenters. The van der Waals surface area contributed by atoms with Gasteiger partial charge in [0.05, 0.1) is 4.90 Å². The van der Waals surface area contributed by atoms with Crippen molar-refractivity contribution in [2.45, 2.75) is 36.5 Å². The number of sulfonamides is 1. The molecule has 154 valence electrons. The van der Waals surface area contributed by atoms with Crippen molar-refractivity contribution in [3.8, 4) is 11.1 Å². The molecule has 0 amide bonds. The second kappa shape index (κ2) is 7.93. The van der Waals surface area contributed by atoms with Crippen molar-refractivity contribution in [3.05, 3.63) is 54.1 Å². The van der Waals surface area contributed by atoms with E-state index in [-0.39, 0.29) is 17.2 Å². The van der Waals surface area contributed by atoms with Crippen molar-refractivity contribution < 1.29 is 23.1 Å². The third-order valence-electron chi connectivity index (χ3n) is 5.04. The van der Waals surface area contributed by atoms with Gasteiger partial charge < -0.3 is 5.11 Å². The first-order valence-corrected chi connectivity index (χ1v) is 11.6. The molecule has 0 saturated carbocycles. The summed E-state index contributed by atoms with van der Waals surface area (Å²) in [7, 11) is -3.98. The summed E-state index contributed by atoms with van der Waals surface area (Å²) in [6.07, 6.45) is 0. The third-order valence-corrected chi connectivity index (χ3v) is 8.28. The minimum Gasteiger partial charge on any atom is -0.480 e. The molecular formula is C21H23NO5S2. The maximum atomic E-state index is 13.2. The van der Waals surface area contributed by atoms with E-state index in [1.165, 1.54) is 30.8 Å². The maximum Gasteiger partial charge on any atom is 0.323 e. The highest BCUT2D eigenvalue weighted by Crippen LogP contribution is 2.38. The van der Waals surface area contributed by atoms with Gasteiger partial charge in [-0.1, -0.05) is 36.4 Å². The lowest BCUT2D eigenvalue weighted by Gasteiger charge is -2.42. The topological polar surface area (TPSA) is 91.8 Å². The van der Waals surface area contributed by atoms with E-state index in [0.29, 0.717) is 11.3 Å². The van der Waals surface area contributed by atoms with Crippen LogP contribution in [0.25, 0.3) is 11.1 Å². The van der Waals surface area contributed by atoms with Gasteiger partial charge in [0.2, 0.25) is 10.0 Å². The van der Waals surface area contributed by atoms with Gasteiger partial charge in [-0.15, -0.1) is 0 Å². The zero-order valence-electron chi connectivity index (χ0n) is 16.5. The van der Waals surface area contributed by atoms with Crippen molar-refractivity contribution in [1.29, 1.82) is 0 Å². The zero-order chi connectivity index (χ0) is 21.4. The molecule has 1 atom stereocenters.